The van der Waals surface area contributed by atoms with Crippen LogP contribution in [0, 0.1) is 10.1 Å². The summed E-state index contributed by atoms with van der Waals surface area (Å²) in [4.78, 5) is 33.6. The smallest absolute Gasteiger partial charge is 0.433 e. The van der Waals surface area contributed by atoms with Gasteiger partial charge in [0.25, 0.3) is 0 Å². The van der Waals surface area contributed by atoms with Crippen molar-refractivity contribution in [2.45, 2.75) is 6.61 Å². The fourth-order valence-electron chi connectivity index (χ4n) is 1.96. The van der Waals surface area contributed by atoms with Crippen molar-refractivity contribution in [2.24, 2.45) is 0 Å². The summed E-state index contributed by atoms with van der Waals surface area (Å²) in [5, 5.41) is 14.0. The van der Waals surface area contributed by atoms with Crippen molar-refractivity contribution < 1.29 is 18.9 Å². The number of ether oxygens (including phenoxy) is 1. The van der Waals surface area contributed by atoms with E-state index >= 15 is 0 Å². The number of hydrogen-bond donors (Lipinski definition) is 2. The van der Waals surface area contributed by atoms with E-state index in [4.69, 9.17) is 26.5 Å². The fraction of sp³-hybridized carbons (Fsp3) is 0.0667. The molecule has 138 valence electrons. The van der Waals surface area contributed by atoms with Gasteiger partial charge < -0.3 is 20.2 Å². The molecule has 0 unspecified atom stereocenters. The van der Waals surface area contributed by atoms with Crippen LogP contribution in [0.1, 0.15) is 16.4 Å². The highest BCUT2D eigenvalue weighted by Crippen LogP contribution is 2.18. The van der Waals surface area contributed by atoms with Crippen LogP contribution in [0.4, 0.5) is 23.5 Å². The average molecular weight is 391 g/mol. The van der Waals surface area contributed by atoms with E-state index in [1.54, 1.807) is 24.3 Å². The van der Waals surface area contributed by atoms with E-state index in [1.165, 1.54) is 0 Å². The van der Waals surface area contributed by atoms with Gasteiger partial charge in [-0.2, -0.15) is 15.0 Å². The molecule has 0 saturated carbocycles. The molecule has 0 amide bonds. The predicted octanol–water partition coefficient (Wildman–Crippen LogP) is 2.71. The summed E-state index contributed by atoms with van der Waals surface area (Å²) < 4.78 is 9.73. The van der Waals surface area contributed by atoms with E-state index in [-0.39, 0.29) is 30.1 Å². The van der Waals surface area contributed by atoms with E-state index in [0.29, 0.717) is 10.7 Å². The normalized spacial score (nSPS) is 10.4. The highest BCUT2D eigenvalue weighted by molar-refractivity contribution is 6.30. The first-order valence-electron chi connectivity index (χ1n) is 7.35. The molecule has 3 rings (SSSR count). The molecule has 11 nitrogen and oxygen atoms in total. The number of rotatable bonds is 6. The number of nitro groups is 1. The number of halogens is 1. The molecule has 3 N–H and O–H groups in total. The molecule has 0 aliphatic rings. The van der Waals surface area contributed by atoms with Crippen LogP contribution in [-0.4, -0.2) is 25.8 Å². The van der Waals surface area contributed by atoms with Gasteiger partial charge in [-0.15, -0.1) is 0 Å². The molecule has 0 fully saturated rings. The topological polar surface area (TPSA) is 159 Å². The third-order valence-corrected chi connectivity index (χ3v) is 3.36. The second kappa shape index (κ2) is 7.66. The van der Waals surface area contributed by atoms with Crippen molar-refractivity contribution in [1.82, 2.24) is 15.0 Å². The lowest BCUT2D eigenvalue weighted by Gasteiger charge is -2.07. The molecule has 0 saturated heterocycles. The van der Waals surface area contributed by atoms with Crippen molar-refractivity contribution in [2.75, 3.05) is 11.1 Å². The van der Waals surface area contributed by atoms with Crippen molar-refractivity contribution >= 4 is 41.0 Å². The maximum Gasteiger partial charge on any atom is 0.433 e. The molecule has 0 bridgehead atoms. The second-order valence-corrected chi connectivity index (χ2v) is 5.47. The van der Waals surface area contributed by atoms with Gasteiger partial charge in [-0.1, -0.05) is 11.6 Å². The van der Waals surface area contributed by atoms with Crippen LogP contribution in [0.25, 0.3) is 0 Å². The van der Waals surface area contributed by atoms with Crippen LogP contribution >= 0.6 is 11.6 Å². The van der Waals surface area contributed by atoms with Gasteiger partial charge in [-0.05, 0) is 30.3 Å². The number of nitrogens with zero attached hydrogens (tertiary/aromatic N) is 4. The molecule has 3 aromatic rings. The minimum atomic E-state index is -0.908. The standard InChI is InChI=1S/C15H11ClN6O5/c16-8-1-3-9(4-2-8)18-15-20-11(19-14(17)21-15)7-26-13(23)10-5-6-12(27-10)22(24)25/h1-6H,7H2,(H3,17,18,19,20,21). The number of nitrogens with one attached hydrogen (secondary N) is 1. The zero-order valence-corrected chi connectivity index (χ0v) is 14.2. The minimum absolute atomic E-state index is 0.0772. The lowest BCUT2D eigenvalue weighted by atomic mass is 10.3. The van der Waals surface area contributed by atoms with Gasteiger partial charge in [0.05, 0.1) is 6.07 Å². The zero-order valence-electron chi connectivity index (χ0n) is 13.5. The van der Waals surface area contributed by atoms with Crippen molar-refractivity contribution in [3.63, 3.8) is 0 Å². The monoisotopic (exact) mass is 390 g/mol. The van der Waals surface area contributed by atoms with Crippen LogP contribution in [0.2, 0.25) is 5.02 Å². The second-order valence-electron chi connectivity index (χ2n) is 5.04. The molecule has 0 aliphatic heterocycles. The molecule has 0 aliphatic carbocycles. The Morgan fingerprint density at radius 1 is 1.22 bits per heavy atom. The van der Waals surface area contributed by atoms with E-state index in [9.17, 15) is 14.9 Å². The van der Waals surface area contributed by atoms with Gasteiger partial charge in [0, 0.05) is 10.7 Å². The Balaban J connectivity index is 1.67. The minimum Gasteiger partial charge on any atom is -0.452 e. The highest BCUT2D eigenvalue weighted by Gasteiger charge is 2.19. The molecular weight excluding hydrogens is 380 g/mol. The lowest BCUT2D eigenvalue weighted by Crippen LogP contribution is -2.11. The number of furan rings is 1. The fourth-order valence-corrected chi connectivity index (χ4v) is 2.08. The van der Waals surface area contributed by atoms with Crippen molar-refractivity contribution in [3.05, 3.63) is 63.1 Å². The number of carbonyl (C=O) groups is 1. The summed E-state index contributed by atoms with van der Waals surface area (Å²) >= 11 is 5.82. The van der Waals surface area contributed by atoms with Gasteiger partial charge in [0.1, 0.15) is 4.92 Å². The van der Waals surface area contributed by atoms with Gasteiger partial charge in [-0.3, -0.25) is 10.1 Å². The van der Waals surface area contributed by atoms with Gasteiger partial charge in [0.15, 0.2) is 12.4 Å². The number of hydrogen-bond acceptors (Lipinski definition) is 10. The summed E-state index contributed by atoms with van der Waals surface area (Å²) in [5.41, 5.74) is 6.30. The van der Waals surface area contributed by atoms with E-state index in [0.717, 1.165) is 12.1 Å². The van der Waals surface area contributed by atoms with E-state index in [1.807, 2.05) is 0 Å². The largest absolute Gasteiger partial charge is 0.452 e. The summed E-state index contributed by atoms with van der Waals surface area (Å²) in [6.07, 6.45) is 0. The Kier molecular flexibility index (Phi) is 5.13. The molecule has 27 heavy (non-hydrogen) atoms. The number of esters is 1. The van der Waals surface area contributed by atoms with Crippen molar-refractivity contribution in [3.8, 4) is 0 Å². The summed E-state index contributed by atoms with van der Waals surface area (Å²) in [6.45, 7) is -0.338. The molecule has 0 spiro atoms. The number of nitrogen functional groups attached to an aromatic ring is 1. The predicted molar refractivity (Wildman–Crippen MR) is 93.5 cm³/mol. The Morgan fingerprint density at radius 2 is 1.96 bits per heavy atom. The molecule has 1 aromatic carbocycles. The molecular formula is C15H11ClN6O5. The summed E-state index contributed by atoms with van der Waals surface area (Å²) in [7, 11) is 0. The van der Waals surface area contributed by atoms with Crippen LogP contribution in [0.5, 0.6) is 0 Å². The van der Waals surface area contributed by atoms with E-state index in [2.05, 4.69) is 20.3 Å². The number of nitrogens with two attached hydrogens (primary N) is 1. The number of anilines is 3. The third kappa shape index (κ3) is 4.67. The Bertz CT molecular complexity index is 991. The molecule has 2 heterocycles. The third-order valence-electron chi connectivity index (χ3n) is 3.10. The molecule has 2 aromatic heterocycles. The van der Waals surface area contributed by atoms with E-state index < -0.39 is 16.8 Å². The molecule has 0 atom stereocenters. The molecule has 0 radical (unpaired) electrons. The van der Waals surface area contributed by atoms with Crippen molar-refractivity contribution in [1.29, 1.82) is 0 Å². The van der Waals surface area contributed by atoms with Crippen LogP contribution in [0.3, 0.4) is 0 Å². The van der Waals surface area contributed by atoms with Crippen LogP contribution in [0.15, 0.2) is 40.8 Å². The Hall–Kier alpha value is -3.73. The van der Waals surface area contributed by atoms with Gasteiger partial charge in [0.2, 0.25) is 17.7 Å². The highest BCUT2D eigenvalue weighted by atomic mass is 35.5. The first-order chi connectivity index (χ1) is 12.9. The van der Waals surface area contributed by atoms with Gasteiger partial charge in [-0.25, -0.2) is 4.79 Å². The lowest BCUT2D eigenvalue weighted by molar-refractivity contribution is -0.402. The van der Waals surface area contributed by atoms with Gasteiger partial charge >= 0.3 is 11.9 Å². The summed E-state index contributed by atoms with van der Waals surface area (Å²) in [5.74, 6) is -1.66. The summed E-state index contributed by atoms with van der Waals surface area (Å²) in [6, 6.07) is 8.97. The van der Waals surface area contributed by atoms with Crippen LogP contribution in [-0.2, 0) is 11.3 Å². The number of carbonyl (C=O) groups excluding carboxylic acids is 1. The number of benzene rings is 1. The first kappa shape index (κ1) is 18.1. The average Bonchev–Trinajstić information content (AvgIpc) is 3.12. The first-order valence-corrected chi connectivity index (χ1v) is 7.73. The Labute approximate surface area is 156 Å². The maximum absolute atomic E-state index is 11.9. The quantitative estimate of drug-likeness (QED) is 0.363. The number of aromatic nitrogens is 3. The Morgan fingerprint density at radius 3 is 2.63 bits per heavy atom. The zero-order chi connectivity index (χ0) is 19.4. The maximum atomic E-state index is 11.9. The SMILES string of the molecule is Nc1nc(COC(=O)c2ccc([N+](=O)[O-])o2)nc(Nc2ccc(Cl)cc2)n1. The molecule has 12 heteroatoms. The van der Waals surface area contributed by atoms with Crippen LogP contribution < -0.4 is 11.1 Å².